The molecular weight excluding hydrogens is 404 g/mol. The summed E-state index contributed by atoms with van der Waals surface area (Å²) in [5.74, 6) is -1.15. The molecule has 0 aliphatic heterocycles. The van der Waals surface area contributed by atoms with Crippen LogP contribution in [0.25, 0.3) is 0 Å². The van der Waals surface area contributed by atoms with Gasteiger partial charge in [-0.3, -0.25) is 9.59 Å². The molecule has 0 bridgehead atoms. The van der Waals surface area contributed by atoms with E-state index >= 15 is 0 Å². The van der Waals surface area contributed by atoms with Crippen molar-refractivity contribution in [2.24, 2.45) is 5.41 Å². The third kappa shape index (κ3) is 13.7. The SMILES string of the molecule is CCCCOCCOCCOC(=O)C(CC)(CC)C(=O)OCCOCCOCCCC. The van der Waals surface area contributed by atoms with E-state index < -0.39 is 17.4 Å². The zero-order chi connectivity index (χ0) is 23.2. The normalized spacial score (nSPS) is 11.5. The zero-order valence-electron chi connectivity index (χ0n) is 20.1. The number of ether oxygens (including phenoxy) is 6. The Morgan fingerprint density at radius 1 is 0.516 bits per heavy atom. The Balaban J connectivity index is 4.07. The summed E-state index contributed by atoms with van der Waals surface area (Å²) in [5, 5.41) is 0. The van der Waals surface area contributed by atoms with Gasteiger partial charge in [0.2, 0.25) is 0 Å². The summed E-state index contributed by atoms with van der Waals surface area (Å²) in [6, 6.07) is 0. The van der Waals surface area contributed by atoms with Crippen LogP contribution in [0.15, 0.2) is 0 Å². The summed E-state index contributed by atoms with van der Waals surface area (Å²) < 4.78 is 32.2. The first-order valence-electron chi connectivity index (χ1n) is 11.7. The van der Waals surface area contributed by atoms with Crippen LogP contribution in [0.5, 0.6) is 0 Å². The van der Waals surface area contributed by atoms with Crippen molar-refractivity contribution in [2.45, 2.75) is 66.2 Å². The van der Waals surface area contributed by atoms with Crippen molar-refractivity contribution in [1.82, 2.24) is 0 Å². The quantitative estimate of drug-likeness (QED) is 0.141. The molecule has 0 aromatic heterocycles. The van der Waals surface area contributed by atoms with Gasteiger partial charge >= 0.3 is 11.9 Å². The first kappa shape index (κ1) is 29.8. The van der Waals surface area contributed by atoms with Crippen LogP contribution in [0.4, 0.5) is 0 Å². The molecule has 0 unspecified atom stereocenters. The van der Waals surface area contributed by atoms with E-state index in [2.05, 4.69) is 13.8 Å². The number of unbranched alkanes of at least 4 members (excludes halogenated alkanes) is 2. The minimum Gasteiger partial charge on any atom is -0.462 e. The standard InChI is InChI=1S/C23H44O8/c1-5-9-11-26-13-15-28-17-19-30-21(24)23(7-3,8-4)22(25)31-20-18-29-16-14-27-12-10-6-2/h5-20H2,1-4H3. The van der Waals surface area contributed by atoms with Gasteiger partial charge in [0, 0.05) is 13.2 Å². The maximum Gasteiger partial charge on any atom is 0.323 e. The molecule has 0 radical (unpaired) electrons. The summed E-state index contributed by atoms with van der Waals surface area (Å²) in [4.78, 5) is 25.2. The second kappa shape index (κ2) is 20.7. The summed E-state index contributed by atoms with van der Waals surface area (Å²) in [6.45, 7) is 11.8. The predicted octanol–water partition coefficient (Wildman–Crippen LogP) is 3.55. The Kier molecular flexibility index (Phi) is 19.9. The van der Waals surface area contributed by atoms with Crippen LogP contribution in [0.2, 0.25) is 0 Å². The first-order chi connectivity index (χ1) is 15.1. The smallest absolute Gasteiger partial charge is 0.323 e. The van der Waals surface area contributed by atoms with Crippen molar-refractivity contribution in [3.63, 3.8) is 0 Å². The Bertz CT molecular complexity index is 401. The maximum absolute atomic E-state index is 12.6. The molecule has 0 saturated heterocycles. The van der Waals surface area contributed by atoms with Gasteiger partial charge in [0.05, 0.1) is 39.6 Å². The number of hydrogen-bond donors (Lipinski definition) is 0. The molecule has 0 spiro atoms. The lowest BCUT2D eigenvalue weighted by Gasteiger charge is -2.26. The highest BCUT2D eigenvalue weighted by Gasteiger charge is 2.45. The third-order valence-corrected chi connectivity index (χ3v) is 4.94. The van der Waals surface area contributed by atoms with Crippen LogP contribution < -0.4 is 0 Å². The fourth-order valence-corrected chi connectivity index (χ4v) is 2.71. The van der Waals surface area contributed by atoms with Crippen LogP contribution in [0.1, 0.15) is 66.2 Å². The molecular formula is C23H44O8. The molecule has 0 rings (SSSR count). The molecule has 31 heavy (non-hydrogen) atoms. The van der Waals surface area contributed by atoms with Crippen LogP contribution in [0, 0.1) is 5.41 Å². The maximum atomic E-state index is 12.6. The number of carbonyl (C=O) groups excluding carboxylic acids is 2. The second-order valence-electron chi connectivity index (χ2n) is 7.22. The van der Waals surface area contributed by atoms with Crippen LogP contribution in [0.3, 0.4) is 0 Å². The number of rotatable bonds is 22. The van der Waals surface area contributed by atoms with Gasteiger partial charge < -0.3 is 28.4 Å². The van der Waals surface area contributed by atoms with E-state index in [-0.39, 0.29) is 26.4 Å². The van der Waals surface area contributed by atoms with Gasteiger partial charge in [0.15, 0.2) is 5.41 Å². The predicted molar refractivity (Wildman–Crippen MR) is 118 cm³/mol. The van der Waals surface area contributed by atoms with Crippen molar-refractivity contribution < 1.29 is 38.0 Å². The molecule has 0 aliphatic rings. The average Bonchev–Trinajstić information content (AvgIpc) is 2.78. The van der Waals surface area contributed by atoms with Gasteiger partial charge in [0.25, 0.3) is 0 Å². The van der Waals surface area contributed by atoms with Gasteiger partial charge in [-0.15, -0.1) is 0 Å². The molecule has 184 valence electrons. The van der Waals surface area contributed by atoms with Crippen molar-refractivity contribution in [3.05, 3.63) is 0 Å². The summed E-state index contributed by atoms with van der Waals surface area (Å²) in [6.07, 6.45) is 4.86. The molecule has 8 nitrogen and oxygen atoms in total. The molecule has 0 amide bonds. The lowest BCUT2D eigenvalue weighted by molar-refractivity contribution is -0.175. The summed E-state index contributed by atoms with van der Waals surface area (Å²) in [7, 11) is 0. The molecule has 0 fully saturated rings. The van der Waals surface area contributed by atoms with Crippen LogP contribution >= 0.6 is 0 Å². The highest BCUT2D eigenvalue weighted by atomic mass is 16.6. The fourth-order valence-electron chi connectivity index (χ4n) is 2.71. The van der Waals surface area contributed by atoms with Crippen molar-refractivity contribution >= 4 is 11.9 Å². The van der Waals surface area contributed by atoms with E-state index in [4.69, 9.17) is 28.4 Å². The van der Waals surface area contributed by atoms with Gasteiger partial charge in [-0.05, 0) is 25.7 Å². The van der Waals surface area contributed by atoms with Crippen molar-refractivity contribution in [3.8, 4) is 0 Å². The topological polar surface area (TPSA) is 89.5 Å². The van der Waals surface area contributed by atoms with E-state index in [0.29, 0.717) is 39.3 Å². The van der Waals surface area contributed by atoms with E-state index in [1.807, 2.05) is 0 Å². The minimum absolute atomic E-state index is 0.0873. The monoisotopic (exact) mass is 448 g/mol. The molecule has 0 aromatic rings. The Morgan fingerprint density at radius 3 is 1.16 bits per heavy atom. The Labute approximate surface area is 188 Å². The van der Waals surface area contributed by atoms with E-state index in [1.54, 1.807) is 13.8 Å². The largest absolute Gasteiger partial charge is 0.462 e. The van der Waals surface area contributed by atoms with Gasteiger partial charge in [-0.2, -0.15) is 0 Å². The molecule has 0 atom stereocenters. The van der Waals surface area contributed by atoms with E-state index in [9.17, 15) is 9.59 Å². The molecule has 0 saturated carbocycles. The summed E-state index contributed by atoms with van der Waals surface area (Å²) in [5.41, 5.74) is -1.30. The second-order valence-corrected chi connectivity index (χ2v) is 7.22. The fraction of sp³-hybridized carbons (Fsp3) is 0.913. The van der Waals surface area contributed by atoms with Gasteiger partial charge in [-0.1, -0.05) is 40.5 Å². The highest BCUT2D eigenvalue weighted by molar-refractivity contribution is 5.99. The molecule has 0 heterocycles. The van der Waals surface area contributed by atoms with Crippen LogP contribution in [-0.2, 0) is 38.0 Å². The van der Waals surface area contributed by atoms with Gasteiger partial charge in [-0.25, -0.2) is 0 Å². The number of hydrogen-bond acceptors (Lipinski definition) is 8. The first-order valence-corrected chi connectivity index (χ1v) is 11.7. The lowest BCUT2D eigenvalue weighted by Crippen LogP contribution is -2.42. The van der Waals surface area contributed by atoms with E-state index in [1.165, 1.54) is 0 Å². The van der Waals surface area contributed by atoms with E-state index in [0.717, 1.165) is 38.9 Å². The summed E-state index contributed by atoms with van der Waals surface area (Å²) >= 11 is 0. The number of esters is 2. The van der Waals surface area contributed by atoms with Gasteiger partial charge in [0.1, 0.15) is 13.2 Å². The highest BCUT2D eigenvalue weighted by Crippen LogP contribution is 2.30. The molecule has 0 N–H and O–H groups in total. The number of carbonyl (C=O) groups is 2. The molecule has 0 aliphatic carbocycles. The van der Waals surface area contributed by atoms with Crippen LogP contribution in [-0.4, -0.2) is 78.0 Å². The molecule has 8 heteroatoms. The third-order valence-electron chi connectivity index (χ3n) is 4.94. The lowest BCUT2D eigenvalue weighted by atomic mass is 9.82. The van der Waals surface area contributed by atoms with Crippen molar-refractivity contribution in [1.29, 1.82) is 0 Å². The Morgan fingerprint density at radius 2 is 0.839 bits per heavy atom. The molecule has 0 aromatic carbocycles. The average molecular weight is 449 g/mol. The Hall–Kier alpha value is -1.22. The zero-order valence-corrected chi connectivity index (χ0v) is 20.1. The minimum atomic E-state index is -1.30. The van der Waals surface area contributed by atoms with Crippen molar-refractivity contribution in [2.75, 3.05) is 66.1 Å².